The summed E-state index contributed by atoms with van der Waals surface area (Å²) in [4.78, 5) is 2.03. The van der Waals surface area contributed by atoms with Gasteiger partial charge in [0, 0.05) is 24.3 Å². The van der Waals surface area contributed by atoms with Gasteiger partial charge in [-0.25, -0.2) is 4.39 Å². The number of morpholine rings is 1. The van der Waals surface area contributed by atoms with Gasteiger partial charge in [-0.2, -0.15) is 0 Å². The van der Waals surface area contributed by atoms with E-state index < -0.39 is 6.10 Å². The van der Waals surface area contributed by atoms with E-state index >= 15 is 0 Å². The number of aryl methyl sites for hydroxylation is 1. The monoisotopic (exact) mass is 269 g/mol. The Labute approximate surface area is 112 Å². The van der Waals surface area contributed by atoms with Crippen molar-refractivity contribution in [3.05, 3.63) is 29.1 Å². The van der Waals surface area contributed by atoms with Gasteiger partial charge in [0.2, 0.25) is 0 Å². The van der Waals surface area contributed by atoms with Crippen molar-refractivity contribution < 1.29 is 19.3 Å². The first-order valence-corrected chi connectivity index (χ1v) is 6.48. The Hall–Kier alpha value is -1.17. The molecular formula is C14H20FNO3. The van der Waals surface area contributed by atoms with E-state index in [0.29, 0.717) is 30.8 Å². The number of anilines is 1. The number of hydrogen-bond acceptors (Lipinski definition) is 4. The first kappa shape index (κ1) is 14.2. The molecule has 2 rings (SSSR count). The van der Waals surface area contributed by atoms with Gasteiger partial charge in [-0.1, -0.05) is 0 Å². The van der Waals surface area contributed by atoms with E-state index in [0.717, 1.165) is 5.69 Å². The van der Waals surface area contributed by atoms with Crippen molar-refractivity contribution in [1.82, 2.24) is 0 Å². The van der Waals surface area contributed by atoms with Crippen LogP contribution in [0.3, 0.4) is 0 Å². The van der Waals surface area contributed by atoms with Crippen LogP contribution in [0.15, 0.2) is 12.1 Å². The van der Waals surface area contributed by atoms with Crippen LogP contribution in [0.4, 0.5) is 10.1 Å². The van der Waals surface area contributed by atoms with E-state index in [9.17, 15) is 14.6 Å². The quantitative estimate of drug-likeness (QED) is 0.870. The van der Waals surface area contributed by atoms with Crippen molar-refractivity contribution in [2.45, 2.75) is 26.1 Å². The minimum Gasteiger partial charge on any atom is -0.394 e. The molecule has 4 nitrogen and oxygen atoms in total. The Balaban J connectivity index is 2.34. The minimum absolute atomic E-state index is 0.0410. The molecule has 0 amide bonds. The number of benzene rings is 1. The van der Waals surface area contributed by atoms with E-state index in [4.69, 9.17) is 4.74 Å². The maximum atomic E-state index is 13.6. The van der Waals surface area contributed by atoms with E-state index in [1.807, 2.05) is 4.90 Å². The third kappa shape index (κ3) is 3.05. The lowest BCUT2D eigenvalue weighted by molar-refractivity contribution is 0.00342. The van der Waals surface area contributed by atoms with Crippen LogP contribution in [0.1, 0.15) is 24.2 Å². The smallest absolute Gasteiger partial charge is 0.126 e. The zero-order valence-corrected chi connectivity index (χ0v) is 11.3. The zero-order valence-electron chi connectivity index (χ0n) is 11.3. The van der Waals surface area contributed by atoms with Crippen molar-refractivity contribution in [3.63, 3.8) is 0 Å². The predicted octanol–water partition coefficient (Wildman–Crippen LogP) is 1.38. The highest BCUT2D eigenvalue weighted by Gasteiger charge is 2.23. The summed E-state index contributed by atoms with van der Waals surface area (Å²) in [5.41, 5.74) is 1.93. The second kappa shape index (κ2) is 5.86. The molecule has 106 valence electrons. The van der Waals surface area contributed by atoms with Gasteiger partial charge in [-0.3, -0.25) is 0 Å². The van der Waals surface area contributed by atoms with Gasteiger partial charge in [-0.15, -0.1) is 0 Å². The molecule has 1 aliphatic rings. The summed E-state index contributed by atoms with van der Waals surface area (Å²) < 4.78 is 19.0. The summed E-state index contributed by atoms with van der Waals surface area (Å²) in [6.45, 7) is 5.01. The summed E-state index contributed by atoms with van der Waals surface area (Å²) in [7, 11) is 0. The Morgan fingerprint density at radius 2 is 2.26 bits per heavy atom. The molecule has 0 aromatic heterocycles. The third-order valence-electron chi connectivity index (χ3n) is 3.44. The number of halogens is 1. The largest absolute Gasteiger partial charge is 0.394 e. The third-order valence-corrected chi connectivity index (χ3v) is 3.44. The minimum atomic E-state index is -0.736. The van der Waals surface area contributed by atoms with Crippen LogP contribution >= 0.6 is 0 Å². The van der Waals surface area contributed by atoms with Crippen LogP contribution in [0.25, 0.3) is 0 Å². The maximum Gasteiger partial charge on any atom is 0.126 e. The fourth-order valence-electron chi connectivity index (χ4n) is 2.34. The summed E-state index contributed by atoms with van der Waals surface area (Å²) in [6.07, 6.45) is -0.971. The van der Waals surface area contributed by atoms with Crippen LogP contribution in [0.5, 0.6) is 0 Å². The van der Waals surface area contributed by atoms with Gasteiger partial charge < -0.3 is 19.8 Å². The molecule has 0 saturated carbocycles. The second-order valence-electron chi connectivity index (χ2n) is 4.96. The van der Waals surface area contributed by atoms with Crippen LogP contribution in [-0.4, -0.2) is 42.6 Å². The summed E-state index contributed by atoms with van der Waals surface area (Å²) in [5, 5.41) is 19.0. The van der Waals surface area contributed by atoms with Gasteiger partial charge in [0.05, 0.1) is 25.4 Å². The highest BCUT2D eigenvalue weighted by Crippen LogP contribution is 2.30. The average Bonchev–Trinajstić information content (AvgIpc) is 2.41. The van der Waals surface area contributed by atoms with Crippen molar-refractivity contribution in [3.8, 4) is 0 Å². The average molecular weight is 269 g/mol. The van der Waals surface area contributed by atoms with Gasteiger partial charge in [0.25, 0.3) is 0 Å². The molecule has 1 aromatic carbocycles. The molecule has 19 heavy (non-hydrogen) atoms. The lowest BCUT2D eigenvalue weighted by Gasteiger charge is -2.35. The lowest BCUT2D eigenvalue weighted by Crippen LogP contribution is -2.44. The fraction of sp³-hybridized carbons (Fsp3) is 0.571. The van der Waals surface area contributed by atoms with Crippen molar-refractivity contribution >= 4 is 5.69 Å². The van der Waals surface area contributed by atoms with E-state index in [1.165, 1.54) is 6.07 Å². The number of aliphatic hydroxyl groups is 2. The summed E-state index contributed by atoms with van der Waals surface area (Å²) >= 11 is 0. The number of aliphatic hydroxyl groups excluding tert-OH is 2. The Kier molecular flexibility index (Phi) is 4.39. The fourth-order valence-corrected chi connectivity index (χ4v) is 2.34. The van der Waals surface area contributed by atoms with Gasteiger partial charge in [0.15, 0.2) is 0 Å². The number of ether oxygens (including phenoxy) is 1. The molecule has 0 spiro atoms. The maximum absolute atomic E-state index is 13.6. The molecule has 2 unspecified atom stereocenters. The molecule has 1 aromatic rings. The van der Waals surface area contributed by atoms with E-state index in [1.54, 1.807) is 19.9 Å². The molecule has 0 radical (unpaired) electrons. The molecule has 0 aliphatic carbocycles. The van der Waals surface area contributed by atoms with Crippen LogP contribution in [0, 0.1) is 12.7 Å². The second-order valence-corrected chi connectivity index (χ2v) is 4.96. The van der Waals surface area contributed by atoms with Crippen LogP contribution in [-0.2, 0) is 4.74 Å². The van der Waals surface area contributed by atoms with Gasteiger partial charge >= 0.3 is 0 Å². The number of nitrogens with zero attached hydrogens (tertiary/aromatic N) is 1. The molecule has 2 N–H and O–H groups in total. The van der Waals surface area contributed by atoms with E-state index in [-0.39, 0.29) is 18.5 Å². The molecular weight excluding hydrogens is 249 g/mol. The Morgan fingerprint density at radius 3 is 2.89 bits per heavy atom. The molecule has 1 aliphatic heterocycles. The Morgan fingerprint density at radius 1 is 1.53 bits per heavy atom. The van der Waals surface area contributed by atoms with Crippen molar-refractivity contribution in [2.75, 3.05) is 31.2 Å². The lowest BCUT2D eigenvalue weighted by atomic mass is 10.0. The van der Waals surface area contributed by atoms with Crippen LogP contribution in [0.2, 0.25) is 0 Å². The number of hydrogen-bond donors (Lipinski definition) is 2. The molecule has 5 heteroatoms. The number of rotatable bonds is 3. The summed E-state index contributed by atoms with van der Waals surface area (Å²) in [6, 6.07) is 3.13. The van der Waals surface area contributed by atoms with Gasteiger partial charge in [0.1, 0.15) is 5.82 Å². The molecule has 2 atom stereocenters. The summed E-state index contributed by atoms with van der Waals surface area (Å²) in [5.74, 6) is -0.313. The highest BCUT2D eigenvalue weighted by atomic mass is 19.1. The zero-order chi connectivity index (χ0) is 14.0. The van der Waals surface area contributed by atoms with Crippen molar-refractivity contribution in [2.24, 2.45) is 0 Å². The van der Waals surface area contributed by atoms with E-state index in [2.05, 4.69) is 0 Å². The first-order chi connectivity index (χ1) is 9.02. The van der Waals surface area contributed by atoms with Gasteiger partial charge in [-0.05, 0) is 31.5 Å². The normalized spacial score (nSPS) is 21.5. The van der Waals surface area contributed by atoms with Crippen LogP contribution < -0.4 is 4.90 Å². The Bertz CT molecular complexity index is 451. The standard InChI is InChI=1S/C14H20FNO3/c1-9-5-14(12(10(2)18)6-13(9)15)16-3-4-19-11(7-16)8-17/h5-6,10-11,17-18H,3-4,7-8H2,1-2H3. The topological polar surface area (TPSA) is 52.9 Å². The highest BCUT2D eigenvalue weighted by molar-refractivity contribution is 5.57. The molecule has 1 heterocycles. The SMILES string of the molecule is Cc1cc(N2CCOC(CO)C2)c(C(C)O)cc1F. The first-order valence-electron chi connectivity index (χ1n) is 6.48. The van der Waals surface area contributed by atoms with Crippen molar-refractivity contribution in [1.29, 1.82) is 0 Å². The molecule has 0 bridgehead atoms. The molecule has 1 saturated heterocycles. The predicted molar refractivity (Wildman–Crippen MR) is 70.8 cm³/mol. The molecule has 1 fully saturated rings.